The Balaban J connectivity index is 2.25. The van der Waals surface area contributed by atoms with Gasteiger partial charge in [-0.1, -0.05) is 60.7 Å². The van der Waals surface area contributed by atoms with E-state index in [-0.39, 0.29) is 6.42 Å². The second-order valence-corrected chi connectivity index (χ2v) is 5.33. The van der Waals surface area contributed by atoms with Gasteiger partial charge in [-0.05, 0) is 17.5 Å². The molecule has 2 N–H and O–H groups in total. The van der Waals surface area contributed by atoms with Crippen LogP contribution in [-0.4, -0.2) is 22.2 Å². The van der Waals surface area contributed by atoms with E-state index < -0.39 is 22.8 Å². The van der Waals surface area contributed by atoms with Gasteiger partial charge in [0.2, 0.25) is 0 Å². The summed E-state index contributed by atoms with van der Waals surface area (Å²) < 4.78 is 0. The number of rotatable bonds is 4. The number of carboxylic acid groups (broad SMARTS) is 2. The summed E-state index contributed by atoms with van der Waals surface area (Å²) in [5, 5.41) is 19.1. The lowest BCUT2D eigenvalue weighted by Gasteiger charge is -2.21. The van der Waals surface area contributed by atoms with E-state index in [1.807, 2.05) is 12.1 Å². The number of benzene rings is 2. The maximum atomic E-state index is 11.7. The molecule has 1 saturated carbocycles. The van der Waals surface area contributed by atoms with E-state index >= 15 is 0 Å². The van der Waals surface area contributed by atoms with E-state index in [0.717, 1.165) is 11.1 Å². The van der Waals surface area contributed by atoms with Crippen molar-refractivity contribution in [3.8, 4) is 0 Å². The van der Waals surface area contributed by atoms with Crippen LogP contribution < -0.4 is 0 Å². The minimum atomic E-state index is -1.80. The minimum absolute atomic E-state index is 0.0681. The van der Waals surface area contributed by atoms with E-state index in [2.05, 4.69) is 0 Å². The van der Waals surface area contributed by atoms with E-state index in [0.29, 0.717) is 0 Å². The monoisotopic (exact) mass is 282 g/mol. The van der Waals surface area contributed by atoms with E-state index in [4.69, 9.17) is 0 Å². The predicted molar refractivity (Wildman–Crippen MR) is 76.0 cm³/mol. The van der Waals surface area contributed by atoms with Gasteiger partial charge in [-0.25, -0.2) is 0 Å². The highest BCUT2D eigenvalue weighted by atomic mass is 16.4. The van der Waals surface area contributed by atoms with Crippen molar-refractivity contribution in [2.45, 2.75) is 11.8 Å². The topological polar surface area (TPSA) is 74.6 Å². The standard InChI is InChI=1S/C17H14O4/c18-14(19)17(15(20)21)11-16(17,12-7-3-1-4-8-12)13-9-5-2-6-10-13/h1-10H,11H2,(H,18,19)(H,20,21). The molecule has 1 fully saturated rings. The fourth-order valence-corrected chi connectivity index (χ4v) is 3.27. The lowest BCUT2D eigenvalue weighted by Crippen LogP contribution is -2.34. The number of carboxylic acids is 2. The van der Waals surface area contributed by atoms with Gasteiger partial charge in [0.15, 0.2) is 5.41 Å². The van der Waals surface area contributed by atoms with Crippen LogP contribution in [0.5, 0.6) is 0 Å². The first-order valence-electron chi connectivity index (χ1n) is 6.63. The molecule has 1 aliphatic carbocycles. The molecule has 1 aliphatic rings. The Morgan fingerprint density at radius 2 is 1.14 bits per heavy atom. The van der Waals surface area contributed by atoms with Crippen LogP contribution in [0.25, 0.3) is 0 Å². The van der Waals surface area contributed by atoms with Gasteiger partial charge in [-0.2, -0.15) is 0 Å². The van der Waals surface area contributed by atoms with Gasteiger partial charge in [-0.15, -0.1) is 0 Å². The highest BCUT2D eigenvalue weighted by Gasteiger charge is 2.78. The molecule has 0 heterocycles. The van der Waals surface area contributed by atoms with Crippen molar-refractivity contribution in [1.82, 2.24) is 0 Å². The van der Waals surface area contributed by atoms with Crippen LogP contribution in [0.3, 0.4) is 0 Å². The Hall–Kier alpha value is -2.62. The van der Waals surface area contributed by atoms with Gasteiger partial charge in [0.05, 0.1) is 0 Å². The third kappa shape index (κ3) is 1.62. The van der Waals surface area contributed by atoms with Gasteiger partial charge < -0.3 is 10.2 Å². The molecule has 21 heavy (non-hydrogen) atoms. The van der Waals surface area contributed by atoms with Crippen LogP contribution in [0.2, 0.25) is 0 Å². The van der Waals surface area contributed by atoms with Crippen molar-refractivity contribution in [1.29, 1.82) is 0 Å². The molecule has 2 aromatic carbocycles. The minimum Gasteiger partial charge on any atom is -0.480 e. The molecule has 0 unspecified atom stereocenters. The molecule has 0 aliphatic heterocycles. The third-order valence-corrected chi connectivity index (χ3v) is 4.40. The molecule has 3 rings (SSSR count). The highest BCUT2D eigenvalue weighted by molar-refractivity contribution is 6.06. The number of hydrogen-bond acceptors (Lipinski definition) is 2. The van der Waals surface area contributed by atoms with Crippen LogP contribution in [0, 0.1) is 5.41 Å². The maximum absolute atomic E-state index is 11.7. The normalized spacial score (nSPS) is 17.9. The lowest BCUT2D eigenvalue weighted by molar-refractivity contribution is -0.157. The van der Waals surface area contributed by atoms with Crippen LogP contribution in [0.15, 0.2) is 60.7 Å². The van der Waals surface area contributed by atoms with Crippen molar-refractivity contribution >= 4 is 11.9 Å². The smallest absolute Gasteiger partial charge is 0.322 e. The van der Waals surface area contributed by atoms with Gasteiger partial charge in [0, 0.05) is 5.41 Å². The van der Waals surface area contributed by atoms with Crippen molar-refractivity contribution in [3.63, 3.8) is 0 Å². The predicted octanol–water partition coefficient (Wildman–Crippen LogP) is 2.53. The Morgan fingerprint density at radius 3 is 1.43 bits per heavy atom. The summed E-state index contributed by atoms with van der Waals surface area (Å²) in [5.41, 5.74) is -1.36. The summed E-state index contributed by atoms with van der Waals surface area (Å²) >= 11 is 0. The first-order valence-corrected chi connectivity index (χ1v) is 6.63. The van der Waals surface area contributed by atoms with Crippen LogP contribution in [0.1, 0.15) is 17.5 Å². The largest absolute Gasteiger partial charge is 0.480 e. The molecule has 0 amide bonds. The fraction of sp³-hybridized carbons (Fsp3) is 0.176. The second-order valence-electron chi connectivity index (χ2n) is 5.33. The average molecular weight is 282 g/mol. The van der Waals surface area contributed by atoms with Gasteiger partial charge in [0.25, 0.3) is 0 Å². The fourth-order valence-electron chi connectivity index (χ4n) is 3.27. The summed E-state index contributed by atoms with van der Waals surface area (Å²) in [6.07, 6.45) is 0.0681. The molecule has 0 radical (unpaired) electrons. The SMILES string of the molecule is O=C(O)C1(C(=O)O)CC1(c1ccccc1)c1ccccc1. The molecular formula is C17H14O4. The van der Waals surface area contributed by atoms with Crippen molar-refractivity contribution in [2.24, 2.45) is 5.41 Å². The number of hydrogen-bond donors (Lipinski definition) is 2. The van der Waals surface area contributed by atoms with Crippen LogP contribution in [-0.2, 0) is 15.0 Å². The highest BCUT2D eigenvalue weighted by Crippen LogP contribution is 2.68. The van der Waals surface area contributed by atoms with Crippen molar-refractivity contribution < 1.29 is 19.8 Å². The van der Waals surface area contributed by atoms with Crippen LogP contribution >= 0.6 is 0 Å². The quantitative estimate of drug-likeness (QED) is 0.845. The molecule has 0 atom stereocenters. The van der Waals surface area contributed by atoms with E-state index in [1.165, 1.54) is 0 Å². The van der Waals surface area contributed by atoms with Gasteiger partial charge in [0.1, 0.15) is 0 Å². The van der Waals surface area contributed by atoms with Crippen molar-refractivity contribution in [3.05, 3.63) is 71.8 Å². The third-order valence-electron chi connectivity index (χ3n) is 4.40. The Labute approximate surface area is 121 Å². The number of aliphatic carboxylic acids is 2. The molecule has 0 spiro atoms. The summed E-state index contributed by atoms with van der Waals surface area (Å²) in [6.45, 7) is 0. The van der Waals surface area contributed by atoms with Crippen molar-refractivity contribution in [2.75, 3.05) is 0 Å². The second kappa shape index (κ2) is 4.45. The van der Waals surface area contributed by atoms with E-state index in [1.54, 1.807) is 48.5 Å². The molecule has 4 heteroatoms. The van der Waals surface area contributed by atoms with E-state index in [9.17, 15) is 19.8 Å². The molecule has 0 bridgehead atoms. The molecular weight excluding hydrogens is 268 g/mol. The summed E-state index contributed by atoms with van der Waals surface area (Å²) in [5.74, 6) is -2.58. The maximum Gasteiger partial charge on any atom is 0.322 e. The first-order chi connectivity index (χ1) is 10.1. The van der Waals surface area contributed by atoms with Gasteiger partial charge in [-0.3, -0.25) is 9.59 Å². The summed E-state index contributed by atoms with van der Waals surface area (Å²) in [4.78, 5) is 23.4. The first kappa shape index (κ1) is 13.4. The Kier molecular flexibility index (Phi) is 2.83. The lowest BCUT2D eigenvalue weighted by atomic mass is 9.80. The van der Waals surface area contributed by atoms with Crippen LogP contribution in [0.4, 0.5) is 0 Å². The molecule has 4 nitrogen and oxygen atoms in total. The molecule has 106 valence electrons. The molecule has 0 aromatic heterocycles. The zero-order chi connectivity index (χ0) is 15.1. The Bertz CT molecular complexity index is 638. The van der Waals surface area contributed by atoms with Gasteiger partial charge >= 0.3 is 11.9 Å². The zero-order valence-electron chi connectivity index (χ0n) is 11.2. The summed E-state index contributed by atoms with van der Waals surface area (Å²) in [6, 6.07) is 18.0. The summed E-state index contributed by atoms with van der Waals surface area (Å²) in [7, 11) is 0. The molecule has 0 saturated heterocycles. The zero-order valence-corrected chi connectivity index (χ0v) is 11.2. The Morgan fingerprint density at radius 1 is 0.762 bits per heavy atom. The average Bonchev–Trinajstić information content (AvgIpc) is 3.22. The number of carbonyl (C=O) groups is 2. The molecule has 2 aromatic rings.